The highest BCUT2D eigenvalue weighted by atomic mass is 28.4. The Hall–Kier alpha value is -5.16. The predicted octanol–water partition coefficient (Wildman–Crippen LogP) is 9.91. The van der Waals surface area contributed by atoms with Gasteiger partial charge in [0.25, 0.3) is 16.6 Å². The van der Waals surface area contributed by atoms with E-state index >= 15 is 4.79 Å². The number of fused-ring (bicyclic) bond motifs is 3. The second-order valence-corrected chi connectivity index (χ2v) is 32.7. The van der Waals surface area contributed by atoms with E-state index in [2.05, 4.69) is 116 Å². The Kier molecular flexibility index (Phi) is 17.0. The number of amides is 2. The molecular weight excluding hydrogens is 937 g/mol. The van der Waals surface area contributed by atoms with Crippen molar-refractivity contribution in [3.63, 3.8) is 0 Å². The standard InChI is InChI=1S/C59H80N2O9Si2/c1-41(50(62)36-22-17-27-37-60-54(65)68-39-49-47-34-25-23-32-45(47)46-33-24-26-35-48(46)49)38-51(67-13)59(66)42(2)52(63)61(12)58(59,53(64)70-71(14,55(3,4)5)56(6,7)8)40-69-72(57(9,10)11,43-28-18-15-19-29-43)44-30-20-16-21-31-44/h15-36,41-42,49-51,62,66H,37-40H2,1-14H3,(H,60,65)/b27-17+,36-22+/t41-,42+,50+,51+,58-,59-/m1/s1. The van der Waals surface area contributed by atoms with E-state index in [1.54, 1.807) is 38.3 Å². The fraction of sp³-hybridized carbons (Fsp3) is 0.475. The number of hydrogen-bond acceptors (Lipinski definition) is 9. The minimum absolute atomic E-state index is 0.0475. The van der Waals surface area contributed by atoms with Crippen LogP contribution in [0.1, 0.15) is 99.6 Å². The van der Waals surface area contributed by atoms with E-state index in [9.17, 15) is 19.8 Å². The normalized spacial score (nSPS) is 21.1. The topological polar surface area (TPSA) is 144 Å². The first-order valence-electron chi connectivity index (χ1n) is 25.4. The van der Waals surface area contributed by atoms with Crippen LogP contribution in [0.2, 0.25) is 21.7 Å². The van der Waals surface area contributed by atoms with Gasteiger partial charge in [-0.25, -0.2) is 4.79 Å². The molecular formula is C59H80N2O9Si2. The maximum Gasteiger partial charge on any atom is 0.407 e. The van der Waals surface area contributed by atoms with Crippen molar-refractivity contribution in [1.29, 1.82) is 0 Å². The summed E-state index contributed by atoms with van der Waals surface area (Å²) in [5.41, 5.74) is 0.262. The highest BCUT2D eigenvalue weighted by Gasteiger charge is 2.75. The molecule has 0 unspecified atom stereocenters. The summed E-state index contributed by atoms with van der Waals surface area (Å²) in [6, 6.07) is 36.4. The lowest BCUT2D eigenvalue weighted by Crippen LogP contribution is -2.75. The Morgan fingerprint density at radius 3 is 1.78 bits per heavy atom. The lowest BCUT2D eigenvalue weighted by molar-refractivity contribution is -0.196. The molecule has 4 aromatic rings. The lowest BCUT2D eigenvalue weighted by Gasteiger charge is -2.53. The Morgan fingerprint density at radius 2 is 1.29 bits per heavy atom. The fourth-order valence-electron chi connectivity index (χ4n) is 11.3. The van der Waals surface area contributed by atoms with Crippen molar-refractivity contribution in [3.05, 3.63) is 145 Å². The molecule has 2 amide bonds. The SMILES string of the molecule is CO[C@@H](C[C@@H](C)[C@@H](O)/C=C/C=C/CNC(=O)OCC1c2ccccc2-c2ccccc21)[C@]1(O)[C@@H](C)C(=O)N(C)[C@]1(CO[Si](c1ccccc1)(c1ccccc1)C(C)(C)C)C(=O)O[Si](C)(C(C)(C)C)C(C)(C)C. The number of rotatable bonds is 18. The summed E-state index contributed by atoms with van der Waals surface area (Å²) >= 11 is 0. The zero-order chi connectivity index (χ0) is 53.1. The Morgan fingerprint density at radius 1 is 0.792 bits per heavy atom. The Bertz CT molecular complexity index is 2480. The number of likely N-dealkylation sites (N-methyl/N-ethyl adjacent to an activating group) is 1. The molecule has 0 bridgehead atoms. The third-order valence-corrected chi connectivity index (χ3v) is 27.5. The van der Waals surface area contributed by atoms with E-state index in [0.717, 1.165) is 32.6 Å². The van der Waals surface area contributed by atoms with Gasteiger partial charge in [-0.2, -0.15) is 0 Å². The Labute approximate surface area is 431 Å². The average molecular weight is 1020 g/mol. The third-order valence-electron chi connectivity index (χ3n) is 16.2. The van der Waals surface area contributed by atoms with Crippen molar-refractivity contribution in [2.75, 3.05) is 33.9 Å². The first-order valence-corrected chi connectivity index (χ1v) is 29.7. The van der Waals surface area contributed by atoms with Crippen LogP contribution in [0.15, 0.2) is 133 Å². The van der Waals surface area contributed by atoms with Crippen LogP contribution in [0.5, 0.6) is 0 Å². The maximum atomic E-state index is 16.0. The number of methoxy groups -OCH3 is 1. The Balaban J connectivity index is 1.26. The second-order valence-electron chi connectivity index (χ2n) is 23.1. The highest BCUT2D eigenvalue weighted by molar-refractivity contribution is 6.99. The lowest BCUT2D eigenvalue weighted by atomic mass is 9.69. The summed E-state index contributed by atoms with van der Waals surface area (Å²) in [5, 5.41) is 28.7. The number of aliphatic hydroxyl groups excluding tert-OH is 1. The van der Waals surface area contributed by atoms with E-state index in [1.807, 2.05) is 74.1 Å². The summed E-state index contributed by atoms with van der Waals surface area (Å²) in [6.07, 6.45) is 4.12. The second kappa shape index (κ2) is 21.7. The molecule has 13 heteroatoms. The number of alkyl carbamates (subject to hydrolysis) is 1. The molecule has 4 aromatic carbocycles. The van der Waals surface area contributed by atoms with Crippen LogP contribution >= 0.6 is 0 Å². The molecule has 0 aromatic heterocycles. The zero-order valence-electron chi connectivity index (χ0n) is 45.1. The van der Waals surface area contributed by atoms with Gasteiger partial charge < -0.3 is 38.8 Å². The number of carbonyl (C=O) groups is 3. The number of hydrogen-bond donors (Lipinski definition) is 3. The largest absolute Gasteiger partial charge is 0.516 e. The number of benzene rings is 4. The molecule has 6 atom stereocenters. The molecule has 0 radical (unpaired) electrons. The number of nitrogens with zero attached hydrogens (tertiary/aromatic N) is 1. The van der Waals surface area contributed by atoms with Gasteiger partial charge in [-0.1, -0.05) is 210 Å². The van der Waals surface area contributed by atoms with E-state index in [1.165, 1.54) is 12.0 Å². The number of nitrogens with one attached hydrogen (secondary N) is 1. The molecule has 0 spiro atoms. The molecule has 1 saturated heterocycles. The van der Waals surface area contributed by atoms with E-state index in [-0.39, 0.29) is 25.5 Å². The molecule has 11 nitrogen and oxygen atoms in total. The van der Waals surface area contributed by atoms with Crippen molar-refractivity contribution >= 4 is 45.0 Å². The minimum Gasteiger partial charge on any atom is -0.516 e. The van der Waals surface area contributed by atoms with Crippen LogP contribution in [0.25, 0.3) is 11.1 Å². The van der Waals surface area contributed by atoms with Gasteiger partial charge in [-0.05, 0) is 66.6 Å². The number of ether oxygens (including phenoxy) is 2. The van der Waals surface area contributed by atoms with Gasteiger partial charge in [-0.3, -0.25) is 9.59 Å². The van der Waals surface area contributed by atoms with E-state index < -0.39 is 91.5 Å². The van der Waals surface area contributed by atoms with Crippen molar-refractivity contribution in [3.8, 4) is 11.1 Å². The van der Waals surface area contributed by atoms with Gasteiger partial charge in [0.05, 0.1) is 24.7 Å². The van der Waals surface area contributed by atoms with Crippen LogP contribution in [-0.2, 0) is 27.9 Å². The van der Waals surface area contributed by atoms with Gasteiger partial charge in [0.2, 0.25) is 5.91 Å². The number of likely N-dealkylation sites (tertiary alicyclic amines) is 1. The summed E-state index contributed by atoms with van der Waals surface area (Å²) in [4.78, 5) is 44.8. The summed E-state index contributed by atoms with van der Waals surface area (Å²) in [5.74, 6) is -2.93. The van der Waals surface area contributed by atoms with Crippen molar-refractivity contribution < 1.29 is 42.9 Å². The predicted molar refractivity (Wildman–Crippen MR) is 292 cm³/mol. The van der Waals surface area contributed by atoms with E-state index in [4.69, 9.17) is 18.3 Å². The smallest absolute Gasteiger partial charge is 0.407 e. The summed E-state index contributed by atoms with van der Waals surface area (Å²) in [7, 11) is -3.53. The average Bonchev–Trinajstić information content (AvgIpc) is 3.73. The van der Waals surface area contributed by atoms with Gasteiger partial charge in [0.15, 0.2) is 5.54 Å². The first kappa shape index (κ1) is 56.1. The minimum atomic E-state index is -3.41. The molecule has 3 N–H and O–H groups in total. The summed E-state index contributed by atoms with van der Waals surface area (Å²) in [6.45, 7) is 24.4. The van der Waals surface area contributed by atoms with Gasteiger partial charge in [0.1, 0.15) is 12.2 Å². The van der Waals surface area contributed by atoms with Gasteiger partial charge >= 0.3 is 12.1 Å². The molecule has 2 aliphatic rings. The third kappa shape index (κ3) is 10.2. The molecule has 1 aliphatic carbocycles. The first-order chi connectivity index (χ1) is 33.7. The zero-order valence-corrected chi connectivity index (χ0v) is 47.1. The van der Waals surface area contributed by atoms with Crippen LogP contribution in [0, 0.1) is 11.8 Å². The molecule has 1 fully saturated rings. The molecule has 388 valence electrons. The quantitative estimate of drug-likeness (QED) is 0.0656. The van der Waals surface area contributed by atoms with Crippen molar-refractivity contribution in [2.45, 2.75) is 134 Å². The molecule has 1 aliphatic heterocycles. The fourth-order valence-corrected chi connectivity index (χ4v) is 19.3. The highest BCUT2D eigenvalue weighted by Crippen LogP contribution is 2.55. The number of allylic oxidation sites excluding steroid dienone is 2. The van der Waals surface area contributed by atoms with Crippen LogP contribution < -0.4 is 15.7 Å². The number of aliphatic hydroxyl groups is 2. The molecule has 6 rings (SSSR count). The number of carbonyl (C=O) groups excluding carboxylic acids is 3. The summed E-state index contributed by atoms with van der Waals surface area (Å²) < 4.78 is 26.5. The van der Waals surface area contributed by atoms with Crippen LogP contribution in [-0.4, -0.2) is 107 Å². The van der Waals surface area contributed by atoms with Gasteiger partial charge in [-0.15, -0.1) is 0 Å². The monoisotopic (exact) mass is 1020 g/mol. The van der Waals surface area contributed by atoms with Gasteiger partial charge in [0, 0.05) is 26.6 Å². The molecule has 0 saturated carbocycles. The van der Waals surface area contributed by atoms with Crippen LogP contribution in [0.3, 0.4) is 0 Å². The molecule has 72 heavy (non-hydrogen) atoms. The molecule has 1 heterocycles. The van der Waals surface area contributed by atoms with E-state index in [0.29, 0.717) is 0 Å². The van der Waals surface area contributed by atoms with Crippen molar-refractivity contribution in [1.82, 2.24) is 10.2 Å². The van der Waals surface area contributed by atoms with Crippen molar-refractivity contribution in [2.24, 2.45) is 11.8 Å². The maximum absolute atomic E-state index is 16.0. The van der Waals surface area contributed by atoms with Crippen LogP contribution in [0.4, 0.5) is 4.79 Å².